The number of aliphatic imine (C=N–C) groups is 2. The van der Waals surface area contributed by atoms with Crippen LogP contribution in [0.25, 0.3) is 0 Å². The van der Waals surface area contributed by atoms with Gasteiger partial charge in [0.1, 0.15) is 0 Å². The Balaban J connectivity index is 0.000000770. The van der Waals surface area contributed by atoms with Gasteiger partial charge < -0.3 is 0 Å². The van der Waals surface area contributed by atoms with Crippen LogP contribution in [0, 0.1) is 0 Å². The number of pyridine rings is 1. The first-order chi connectivity index (χ1) is 8.10. The Kier molecular flexibility index (Phi) is 9.35. The van der Waals surface area contributed by atoms with Crippen molar-refractivity contribution in [2.24, 2.45) is 9.98 Å². The third kappa shape index (κ3) is 6.17. The Morgan fingerprint density at radius 2 is 1.41 bits per heavy atom. The summed E-state index contributed by atoms with van der Waals surface area (Å²) in [5.41, 5.74) is 3.70. The van der Waals surface area contributed by atoms with E-state index in [9.17, 15) is 0 Å². The van der Waals surface area contributed by atoms with Crippen molar-refractivity contribution in [3.05, 3.63) is 29.6 Å². The molecule has 1 aromatic heterocycles. The van der Waals surface area contributed by atoms with Gasteiger partial charge in [-0.2, -0.15) is 0 Å². The van der Waals surface area contributed by atoms with Crippen LogP contribution >= 0.6 is 20.3 Å². The van der Waals surface area contributed by atoms with Crippen LogP contribution < -0.4 is 0 Å². The SMILES string of the molecule is CN=C(C)c1cccc(C(C)=NC)n1.[Cl][Co][Cl]. The fraction of sp³-hybridized carbons (Fsp3) is 0.364. The van der Waals surface area contributed by atoms with Crippen molar-refractivity contribution in [1.29, 1.82) is 0 Å². The second-order valence-corrected chi connectivity index (χ2v) is 4.79. The van der Waals surface area contributed by atoms with Gasteiger partial charge in [0.15, 0.2) is 0 Å². The van der Waals surface area contributed by atoms with Gasteiger partial charge >= 0.3 is 33.2 Å². The van der Waals surface area contributed by atoms with E-state index in [4.69, 9.17) is 20.3 Å². The molecule has 0 saturated carbocycles. The molecule has 0 unspecified atom stereocenters. The van der Waals surface area contributed by atoms with Crippen molar-refractivity contribution in [3.8, 4) is 0 Å². The molecule has 1 rings (SSSR count). The summed E-state index contributed by atoms with van der Waals surface area (Å²) in [6, 6.07) is 5.88. The van der Waals surface area contributed by atoms with Gasteiger partial charge in [-0.3, -0.25) is 9.98 Å². The molecule has 1 aromatic rings. The average Bonchev–Trinajstić information content (AvgIpc) is 2.38. The molecule has 0 aliphatic rings. The van der Waals surface area contributed by atoms with Gasteiger partial charge in [0.25, 0.3) is 0 Å². The molecule has 0 atom stereocenters. The molecule has 6 heteroatoms. The maximum absolute atomic E-state index is 4.73. The average molecular weight is 319 g/mol. The van der Waals surface area contributed by atoms with Crippen molar-refractivity contribution in [1.82, 2.24) is 4.98 Å². The van der Waals surface area contributed by atoms with Crippen molar-refractivity contribution in [2.75, 3.05) is 14.1 Å². The van der Waals surface area contributed by atoms with Crippen LogP contribution in [0.4, 0.5) is 0 Å². The van der Waals surface area contributed by atoms with Gasteiger partial charge in [-0.1, -0.05) is 6.07 Å². The van der Waals surface area contributed by atoms with Crippen LogP contribution in [0.5, 0.6) is 0 Å². The fourth-order valence-corrected chi connectivity index (χ4v) is 1.07. The standard InChI is InChI=1S/C11H15N3.2ClH.Co/c1-8(12-3)10-6-5-7-11(14-10)9(2)13-4;;;/h5-7H,1-4H3;2*1H;/q;;;+2/p-2. The van der Waals surface area contributed by atoms with Crippen LogP contribution in [-0.2, 0) is 12.9 Å². The first-order valence-corrected chi connectivity index (χ1v) is 7.65. The number of nitrogens with zero attached hydrogens (tertiary/aromatic N) is 3. The minimum absolute atomic E-state index is 0.382. The van der Waals surface area contributed by atoms with E-state index < -0.39 is 0 Å². The molecule has 0 spiro atoms. The Morgan fingerprint density at radius 3 is 1.71 bits per heavy atom. The molecule has 0 aromatic carbocycles. The molecule has 0 amide bonds. The van der Waals surface area contributed by atoms with Gasteiger partial charge in [-0.25, -0.2) is 4.98 Å². The predicted molar refractivity (Wildman–Crippen MR) is 72.2 cm³/mol. The Labute approximate surface area is 117 Å². The summed E-state index contributed by atoms with van der Waals surface area (Å²) in [5.74, 6) is 0. The van der Waals surface area contributed by atoms with Crippen molar-refractivity contribution >= 4 is 31.7 Å². The summed E-state index contributed by atoms with van der Waals surface area (Å²) in [6.07, 6.45) is 0. The van der Waals surface area contributed by atoms with Crippen LogP contribution in [0.3, 0.4) is 0 Å². The molecule has 0 saturated heterocycles. The molecule has 0 fully saturated rings. The summed E-state index contributed by atoms with van der Waals surface area (Å²) in [6.45, 7) is 3.90. The summed E-state index contributed by atoms with van der Waals surface area (Å²) >= 11 is 0.382. The van der Waals surface area contributed by atoms with Crippen molar-refractivity contribution < 1.29 is 12.9 Å². The third-order valence-corrected chi connectivity index (χ3v) is 2.16. The molecule has 0 aliphatic heterocycles. The first-order valence-electron chi connectivity index (χ1n) is 4.78. The van der Waals surface area contributed by atoms with Crippen LogP contribution in [0.15, 0.2) is 28.2 Å². The van der Waals surface area contributed by atoms with Gasteiger partial charge in [-0.05, 0) is 26.0 Å². The van der Waals surface area contributed by atoms with E-state index in [-0.39, 0.29) is 0 Å². The number of rotatable bonds is 2. The monoisotopic (exact) mass is 318 g/mol. The molecule has 97 valence electrons. The topological polar surface area (TPSA) is 37.6 Å². The Bertz CT molecular complexity index is 372. The van der Waals surface area contributed by atoms with E-state index in [0.29, 0.717) is 12.9 Å². The zero-order valence-electron chi connectivity index (χ0n) is 10.2. The molecular formula is C11H15Cl2CoN3. The summed E-state index contributed by atoms with van der Waals surface area (Å²) in [5, 5.41) is 0. The zero-order chi connectivity index (χ0) is 13.3. The normalized spacial score (nSPS) is 12.1. The third-order valence-electron chi connectivity index (χ3n) is 2.16. The number of halogens is 2. The Morgan fingerprint density at radius 1 is 1.06 bits per heavy atom. The van der Waals surface area contributed by atoms with E-state index in [2.05, 4.69) is 15.0 Å². The van der Waals surface area contributed by atoms with Crippen molar-refractivity contribution in [3.63, 3.8) is 0 Å². The first kappa shape index (κ1) is 16.6. The van der Waals surface area contributed by atoms with E-state index in [1.54, 1.807) is 14.1 Å². The van der Waals surface area contributed by atoms with Gasteiger partial charge in [0.05, 0.1) is 22.8 Å². The fourth-order valence-electron chi connectivity index (χ4n) is 1.07. The Hall–Kier alpha value is -0.424. The van der Waals surface area contributed by atoms with Gasteiger partial charge in [-0.15, -0.1) is 0 Å². The second-order valence-electron chi connectivity index (χ2n) is 3.07. The minimum atomic E-state index is 0.382. The van der Waals surface area contributed by atoms with Crippen LogP contribution in [-0.4, -0.2) is 30.5 Å². The van der Waals surface area contributed by atoms with Crippen LogP contribution in [0.2, 0.25) is 0 Å². The molecule has 0 bridgehead atoms. The van der Waals surface area contributed by atoms with Gasteiger partial charge in [0.2, 0.25) is 0 Å². The van der Waals surface area contributed by atoms with Crippen LogP contribution in [0.1, 0.15) is 25.2 Å². The van der Waals surface area contributed by atoms with E-state index >= 15 is 0 Å². The zero-order valence-corrected chi connectivity index (χ0v) is 12.7. The number of aromatic nitrogens is 1. The van der Waals surface area contributed by atoms with E-state index in [1.807, 2.05) is 32.0 Å². The quantitative estimate of drug-likeness (QED) is 0.771. The van der Waals surface area contributed by atoms with E-state index in [1.165, 1.54) is 0 Å². The van der Waals surface area contributed by atoms with E-state index in [0.717, 1.165) is 22.8 Å². The molecule has 0 radical (unpaired) electrons. The maximum atomic E-state index is 4.73. The second kappa shape index (κ2) is 9.59. The molecule has 17 heavy (non-hydrogen) atoms. The molecule has 0 N–H and O–H groups in total. The summed E-state index contributed by atoms with van der Waals surface area (Å²) < 4.78 is 0. The molecule has 3 nitrogen and oxygen atoms in total. The molecular weight excluding hydrogens is 304 g/mol. The summed E-state index contributed by atoms with van der Waals surface area (Å²) in [7, 11) is 13.0. The number of hydrogen-bond acceptors (Lipinski definition) is 3. The predicted octanol–water partition coefficient (Wildman–Crippen LogP) is 3.34. The van der Waals surface area contributed by atoms with Gasteiger partial charge in [0, 0.05) is 14.1 Å². The summed E-state index contributed by atoms with van der Waals surface area (Å²) in [4.78, 5) is 12.7. The molecule has 0 aliphatic carbocycles. The number of hydrogen-bond donors (Lipinski definition) is 0. The molecule has 1 heterocycles. The van der Waals surface area contributed by atoms with Crippen molar-refractivity contribution in [2.45, 2.75) is 13.8 Å².